The van der Waals surface area contributed by atoms with Crippen LogP contribution in [0.15, 0.2) is 30.3 Å². The van der Waals surface area contributed by atoms with Crippen molar-refractivity contribution in [3.05, 3.63) is 30.3 Å². The Bertz CT molecular complexity index is 254. The summed E-state index contributed by atoms with van der Waals surface area (Å²) in [6, 6.07) is 10.9. The van der Waals surface area contributed by atoms with Gasteiger partial charge in [0.1, 0.15) is 5.69 Å². The summed E-state index contributed by atoms with van der Waals surface area (Å²) in [5, 5.41) is 0. The molecule has 0 aliphatic rings. The van der Waals surface area contributed by atoms with E-state index in [1.54, 1.807) is 0 Å². The minimum absolute atomic E-state index is 0. The lowest BCUT2D eigenvalue weighted by Crippen LogP contribution is -2.49. The average Bonchev–Trinajstić information content (AvgIpc) is 2.27. The molecule has 0 aliphatic heterocycles. The molecule has 0 fully saturated rings. The van der Waals surface area contributed by atoms with Crippen molar-refractivity contribution in [1.82, 2.24) is 4.48 Å². The fourth-order valence-corrected chi connectivity index (χ4v) is 2.21. The molecule has 0 saturated heterocycles. The van der Waals surface area contributed by atoms with Crippen molar-refractivity contribution in [2.45, 2.75) is 27.2 Å². The van der Waals surface area contributed by atoms with Gasteiger partial charge in [-0.05, 0) is 32.4 Å². The first kappa shape index (κ1) is 14.1. The van der Waals surface area contributed by atoms with Crippen LogP contribution < -0.4 is 4.48 Å². The number of nitrogens with zero attached hydrogens (tertiary/aromatic N) is 1. The van der Waals surface area contributed by atoms with E-state index in [0.29, 0.717) is 0 Å². The summed E-state index contributed by atoms with van der Waals surface area (Å²) in [6.45, 7) is 10.5. The molecule has 0 aliphatic carbocycles. The Morgan fingerprint density at radius 1 is 0.933 bits per heavy atom. The SMILES string of the molecule is CCC[N+](CC)(CC)c1ccccc1.[OH-]. The summed E-state index contributed by atoms with van der Waals surface area (Å²) >= 11 is 0. The summed E-state index contributed by atoms with van der Waals surface area (Å²) < 4.78 is 1.12. The largest absolute Gasteiger partial charge is 0.870 e. The normalized spacial score (nSPS) is 10.9. The fourth-order valence-electron chi connectivity index (χ4n) is 2.21. The minimum Gasteiger partial charge on any atom is -0.870 e. The number of hydrogen-bond acceptors (Lipinski definition) is 1. The van der Waals surface area contributed by atoms with Gasteiger partial charge in [0.2, 0.25) is 0 Å². The van der Waals surface area contributed by atoms with Crippen molar-refractivity contribution < 1.29 is 5.48 Å². The molecule has 0 atom stereocenters. The van der Waals surface area contributed by atoms with Gasteiger partial charge in [-0.1, -0.05) is 25.1 Å². The molecule has 0 spiro atoms. The van der Waals surface area contributed by atoms with Crippen LogP contribution in [0.2, 0.25) is 0 Å². The van der Waals surface area contributed by atoms with Crippen LogP contribution in [0.1, 0.15) is 27.2 Å². The maximum atomic E-state index is 2.28. The summed E-state index contributed by atoms with van der Waals surface area (Å²) in [5.41, 5.74) is 1.46. The first-order valence-corrected chi connectivity index (χ1v) is 5.70. The van der Waals surface area contributed by atoms with Crippen molar-refractivity contribution in [1.29, 1.82) is 0 Å². The van der Waals surface area contributed by atoms with E-state index in [2.05, 4.69) is 51.1 Å². The van der Waals surface area contributed by atoms with Gasteiger partial charge in [0.15, 0.2) is 0 Å². The molecule has 0 bridgehead atoms. The van der Waals surface area contributed by atoms with Gasteiger partial charge in [0.05, 0.1) is 19.6 Å². The molecule has 0 saturated carbocycles. The highest BCUT2D eigenvalue weighted by Gasteiger charge is 2.24. The molecule has 0 amide bonds. The first-order chi connectivity index (χ1) is 6.79. The van der Waals surface area contributed by atoms with Gasteiger partial charge in [-0.15, -0.1) is 0 Å². The van der Waals surface area contributed by atoms with E-state index < -0.39 is 0 Å². The van der Waals surface area contributed by atoms with Crippen molar-refractivity contribution in [3.63, 3.8) is 0 Å². The van der Waals surface area contributed by atoms with E-state index in [9.17, 15) is 0 Å². The maximum absolute atomic E-state index is 2.28. The highest BCUT2D eigenvalue weighted by Crippen LogP contribution is 2.22. The molecule has 0 radical (unpaired) electrons. The standard InChI is InChI=1S/C13H22N.H2O/c1-4-12-14(5-2,6-3)13-10-8-7-9-11-13;/h7-11H,4-6,12H2,1-3H3;1H2/q+1;/p-1. The zero-order valence-electron chi connectivity index (χ0n) is 10.1. The number of rotatable bonds is 5. The first-order valence-electron chi connectivity index (χ1n) is 5.70. The quantitative estimate of drug-likeness (QED) is 0.684. The Morgan fingerprint density at radius 2 is 1.47 bits per heavy atom. The van der Waals surface area contributed by atoms with Gasteiger partial charge in [-0.2, -0.15) is 0 Å². The highest BCUT2D eigenvalue weighted by atomic mass is 16.0. The van der Waals surface area contributed by atoms with Gasteiger partial charge < -0.3 is 5.48 Å². The molecular formula is C13H23NO. The second-order valence-corrected chi connectivity index (χ2v) is 3.84. The lowest BCUT2D eigenvalue weighted by molar-refractivity contribution is 0.300. The molecule has 1 rings (SSSR count). The van der Waals surface area contributed by atoms with E-state index in [1.165, 1.54) is 31.7 Å². The minimum atomic E-state index is 0. The number of quaternary nitrogens is 1. The van der Waals surface area contributed by atoms with Crippen LogP contribution in [-0.2, 0) is 0 Å². The van der Waals surface area contributed by atoms with Gasteiger partial charge in [0, 0.05) is 0 Å². The van der Waals surface area contributed by atoms with E-state index in [1.807, 2.05) is 0 Å². The molecule has 2 nitrogen and oxygen atoms in total. The molecule has 0 aromatic heterocycles. The Labute approximate surface area is 93.4 Å². The van der Waals surface area contributed by atoms with Crippen LogP contribution in [0, 0.1) is 0 Å². The van der Waals surface area contributed by atoms with Crippen LogP contribution in [0.4, 0.5) is 5.69 Å². The van der Waals surface area contributed by atoms with Crippen molar-refractivity contribution in [2.24, 2.45) is 0 Å². The lowest BCUT2D eigenvalue weighted by atomic mass is 10.2. The second-order valence-electron chi connectivity index (χ2n) is 3.84. The van der Waals surface area contributed by atoms with Crippen LogP contribution in [-0.4, -0.2) is 25.1 Å². The Kier molecular flexibility index (Phi) is 6.21. The summed E-state index contributed by atoms with van der Waals surface area (Å²) in [7, 11) is 0. The second kappa shape index (κ2) is 6.59. The summed E-state index contributed by atoms with van der Waals surface area (Å²) in [4.78, 5) is 0. The average molecular weight is 209 g/mol. The highest BCUT2D eigenvalue weighted by molar-refractivity contribution is 5.42. The van der Waals surface area contributed by atoms with Gasteiger partial charge in [-0.25, -0.2) is 0 Å². The smallest absolute Gasteiger partial charge is 0.132 e. The predicted molar refractivity (Wildman–Crippen MR) is 66.4 cm³/mol. The fraction of sp³-hybridized carbons (Fsp3) is 0.538. The molecule has 1 N–H and O–H groups in total. The van der Waals surface area contributed by atoms with E-state index >= 15 is 0 Å². The molecular weight excluding hydrogens is 186 g/mol. The van der Waals surface area contributed by atoms with Crippen molar-refractivity contribution in [2.75, 3.05) is 19.6 Å². The third-order valence-corrected chi connectivity index (χ3v) is 3.17. The number of para-hydroxylation sites is 1. The maximum Gasteiger partial charge on any atom is 0.132 e. The van der Waals surface area contributed by atoms with Crippen molar-refractivity contribution >= 4 is 5.69 Å². The van der Waals surface area contributed by atoms with Gasteiger partial charge in [-0.3, -0.25) is 4.48 Å². The van der Waals surface area contributed by atoms with Crippen LogP contribution >= 0.6 is 0 Å². The summed E-state index contributed by atoms with van der Waals surface area (Å²) in [6.07, 6.45) is 1.25. The van der Waals surface area contributed by atoms with Gasteiger partial charge in [0.25, 0.3) is 0 Å². The van der Waals surface area contributed by atoms with Gasteiger partial charge >= 0.3 is 0 Å². The molecule has 1 aromatic carbocycles. The monoisotopic (exact) mass is 209 g/mol. The Balaban J connectivity index is 0.00000196. The lowest BCUT2D eigenvalue weighted by Gasteiger charge is -2.36. The zero-order chi connectivity index (χ0) is 10.4. The molecule has 2 heteroatoms. The van der Waals surface area contributed by atoms with E-state index in [0.717, 1.165) is 4.48 Å². The molecule has 0 heterocycles. The van der Waals surface area contributed by atoms with E-state index in [4.69, 9.17) is 0 Å². The molecule has 1 aromatic rings. The Hall–Kier alpha value is -0.860. The number of hydrogen-bond donors (Lipinski definition) is 0. The third-order valence-electron chi connectivity index (χ3n) is 3.17. The predicted octanol–water partition coefficient (Wildman–Crippen LogP) is 3.27. The van der Waals surface area contributed by atoms with Crippen LogP contribution in [0.25, 0.3) is 0 Å². The van der Waals surface area contributed by atoms with Crippen molar-refractivity contribution in [3.8, 4) is 0 Å². The zero-order valence-corrected chi connectivity index (χ0v) is 10.1. The third kappa shape index (κ3) is 3.05. The molecule has 0 unspecified atom stereocenters. The summed E-state index contributed by atoms with van der Waals surface area (Å²) in [5.74, 6) is 0. The molecule has 86 valence electrons. The topological polar surface area (TPSA) is 30.0 Å². The Morgan fingerprint density at radius 3 is 1.87 bits per heavy atom. The van der Waals surface area contributed by atoms with E-state index in [-0.39, 0.29) is 5.48 Å². The molecule has 15 heavy (non-hydrogen) atoms. The van der Waals surface area contributed by atoms with Crippen LogP contribution in [0.3, 0.4) is 0 Å². The van der Waals surface area contributed by atoms with Crippen LogP contribution in [0.5, 0.6) is 0 Å². The number of benzene rings is 1.